The van der Waals surface area contributed by atoms with Crippen LogP contribution in [-0.4, -0.2) is 69.3 Å². The summed E-state index contributed by atoms with van der Waals surface area (Å²) in [6.45, 7) is 3.19. The molecule has 0 radical (unpaired) electrons. The van der Waals surface area contributed by atoms with Gasteiger partial charge in [-0.3, -0.25) is 14.8 Å². The third-order valence-corrected chi connectivity index (χ3v) is 9.55. The number of likely N-dealkylation sites (N-methyl/N-ethyl adjacent to an activating group) is 1. The molecule has 3 atom stereocenters. The molecule has 3 heterocycles. The zero-order valence-electron chi connectivity index (χ0n) is 24.8. The van der Waals surface area contributed by atoms with Gasteiger partial charge in [-0.2, -0.15) is 0 Å². The molecule has 4 aromatic rings. The van der Waals surface area contributed by atoms with Gasteiger partial charge in [-0.15, -0.1) is 11.3 Å². The summed E-state index contributed by atoms with van der Waals surface area (Å²) >= 11 is 1.56. The first-order valence-electron chi connectivity index (χ1n) is 14.9. The minimum absolute atomic E-state index is 0.132. The molecule has 3 aromatic heterocycles. The maximum atomic E-state index is 12.8. The second kappa shape index (κ2) is 12.9. The standard InChI is InChI=1S/C33H41N5O3S/c1-4-5-9-26-18-25-8-6-7-10-27(25)31(37-26)41-16-15-38(2,3)30-14-12-23(19-33(30,40)32(34)39)17-24-11-13-28(36-20-24)29-21-35-22-42-29/h6-8,10-11,13,18,20-23,30,40H,4-5,9,12,14-17,19H2,1-3H3,(H-,34,39)/p+1/t23?,30-,33-/m0/s1. The Balaban J connectivity index is 1.24. The van der Waals surface area contributed by atoms with E-state index in [9.17, 15) is 9.90 Å². The number of aryl methyl sites for hydroxylation is 1. The maximum Gasteiger partial charge on any atom is 0.255 e. The van der Waals surface area contributed by atoms with Gasteiger partial charge in [0.2, 0.25) is 5.88 Å². The van der Waals surface area contributed by atoms with Gasteiger partial charge in [0.1, 0.15) is 19.2 Å². The Labute approximate surface area is 252 Å². The monoisotopic (exact) mass is 588 g/mol. The third-order valence-electron chi connectivity index (χ3n) is 8.76. The second-order valence-corrected chi connectivity index (χ2v) is 13.1. The Morgan fingerprint density at radius 3 is 2.74 bits per heavy atom. The van der Waals surface area contributed by atoms with E-state index in [0.29, 0.717) is 36.4 Å². The number of carbonyl (C=O) groups excluding carboxylic acids is 1. The summed E-state index contributed by atoms with van der Waals surface area (Å²) in [6.07, 6.45) is 9.46. The van der Waals surface area contributed by atoms with E-state index >= 15 is 0 Å². The first-order chi connectivity index (χ1) is 20.2. The van der Waals surface area contributed by atoms with Gasteiger partial charge in [0.05, 0.1) is 30.2 Å². The summed E-state index contributed by atoms with van der Waals surface area (Å²) in [5.74, 6) is 0.120. The van der Waals surface area contributed by atoms with Crippen LogP contribution in [0.1, 0.15) is 50.3 Å². The van der Waals surface area contributed by atoms with E-state index in [1.54, 1.807) is 16.8 Å². The highest BCUT2D eigenvalue weighted by atomic mass is 32.1. The highest BCUT2D eigenvalue weighted by molar-refractivity contribution is 7.13. The number of aromatic nitrogens is 3. The number of fused-ring (bicyclic) bond motifs is 1. The molecule has 1 aromatic carbocycles. The van der Waals surface area contributed by atoms with Crippen molar-refractivity contribution in [3.8, 4) is 16.5 Å². The van der Waals surface area contributed by atoms with Gasteiger partial charge < -0.3 is 20.1 Å². The molecule has 3 N–H and O–H groups in total. The van der Waals surface area contributed by atoms with Crippen LogP contribution in [0, 0.1) is 5.92 Å². The predicted molar refractivity (Wildman–Crippen MR) is 167 cm³/mol. The number of nitrogens with two attached hydrogens (primary N) is 1. The van der Waals surface area contributed by atoms with Crippen LogP contribution in [-0.2, 0) is 17.6 Å². The minimum atomic E-state index is -1.60. The Morgan fingerprint density at radius 1 is 1.19 bits per heavy atom. The third kappa shape index (κ3) is 6.64. The number of amides is 1. The van der Waals surface area contributed by atoms with E-state index in [1.165, 1.54) is 0 Å². The number of thiazole rings is 1. The van der Waals surface area contributed by atoms with E-state index in [-0.39, 0.29) is 12.0 Å². The number of hydrogen-bond acceptors (Lipinski definition) is 7. The molecule has 1 aliphatic carbocycles. The zero-order chi connectivity index (χ0) is 29.7. The van der Waals surface area contributed by atoms with E-state index in [4.69, 9.17) is 15.5 Å². The Kier molecular flexibility index (Phi) is 9.20. The molecule has 1 unspecified atom stereocenters. The van der Waals surface area contributed by atoms with Crippen LogP contribution in [0.4, 0.5) is 0 Å². The summed E-state index contributed by atoms with van der Waals surface area (Å²) in [7, 11) is 4.10. The molecule has 1 amide bonds. The smallest absolute Gasteiger partial charge is 0.255 e. The molecule has 1 fully saturated rings. The second-order valence-electron chi connectivity index (χ2n) is 12.2. The summed E-state index contributed by atoms with van der Waals surface area (Å²) in [5, 5.41) is 13.9. The molecule has 0 bridgehead atoms. The van der Waals surface area contributed by atoms with Crippen molar-refractivity contribution in [2.24, 2.45) is 11.7 Å². The fourth-order valence-corrected chi connectivity index (χ4v) is 6.99. The first kappa shape index (κ1) is 30.1. The largest absolute Gasteiger partial charge is 0.471 e. The summed E-state index contributed by atoms with van der Waals surface area (Å²) in [4.78, 5) is 27.4. The number of primary amides is 1. The Morgan fingerprint density at radius 2 is 2.02 bits per heavy atom. The fourth-order valence-electron chi connectivity index (χ4n) is 6.39. The lowest BCUT2D eigenvalue weighted by atomic mass is 9.71. The maximum absolute atomic E-state index is 12.8. The summed E-state index contributed by atoms with van der Waals surface area (Å²) < 4.78 is 6.72. The van der Waals surface area contributed by atoms with Crippen LogP contribution in [0.15, 0.2) is 60.4 Å². The zero-order valence-corrected chi connectivity index (χ0v) is 25.6. The number of ether oxygens (including phenoxy) is 1. The van der Waals surface area contributed by atoms with Crippen LogP contribution >= 0.6 is 11.3 Å². The van der Waals surface area contributed by atoms with Gasteiger partial charge in [-0.1, -0.05) is 37.6 Å². The number of nitrogens with zero attached hydrogens (tertiary/aromatic N) is 4. The topological polar surface area (TPSA) is 111 Å². The summed E-state index contributed by atoms with van der Waals surface area (Å²) in [5.41, 5.74) is 9.11. The lowest BCUT2D eigenvalue weighted by molar-refractivity contribution is -0.922. The van der Waals surface area contributed by atoms with Crippen LogP contribution in [0.5, 0.6) is 5.88 Å². The molecule has 9 heteroatoms. The molecule has 0 aliphatic heterocycles. The lowest BCUT2D eigenvalue weighted by Gasteiger charge is -2.49. The summed E-state index contributed by atoms with van der Waals surface area (Å²) in [6, 6.07) is 14.1. The van der Waals surface area contributed by atoms with Crippen molar-refractivity contribution in [3.05, 3.63) is 71.6 Å². The first-order valence-corrected chi connectivity index (χ1v) is 15.8. The van der Waals surface area contributed by atoms with Crippen molar-refractivity contribution in [1.82, 2.24) is 15.0 Å². The number of pyridine rings is 2. The number of benzene rings is 1. The molecule has 222 valence electrons. The number of quaternary nitrogens is 1. The van der Waals surface area contributed by atoms with Crippen LogP contribution in [0.3, 0.4) is 0 Å². The molecular formula is C33H42N5O3S+. The average molecular weight is 589 g/mol. The molecule has 42 heavy (non-hydrogen) atoms. The van der Waals surface area contributed by atoms with Gasteiger partial charge in [-0.25, -0.2) is 4.98 Å². The molecule has 8 nitrogen and oxygen atoms in total. The van der Waals surface area contributed by atoms with Gasteiger partial charge in [0, 0.05) is 29.9 Å². The van der Waals surface area contributed by atoms with E-state index < -0.39 is 11.5 Å². The predicted octanol–water partition coefficient (Wildman–Crippen LogP) is 5.18. The van der Waals surface area contributed by atoms with Crippen LogP contribution < -0.4 is 10.5 Å². The number of hydrogen-bond donors (Lipinski definition) is 2. The SMILES string of the molecule is CCCCc1cc2ccccc2c(OCC[N+](C)(C)[C@H]2CCC(Cc3ccc(-c4cncs4)nc3)C[C@@]2(O)C(N)=O)n1. The van der Waals surface area contributed by atoms with Gasteiger partial charge in [-0.05, 0) is 67.2 Å². The number of rotatable bonds is 12. The molecular weight excluding hydrogens is 546 g/mol. The van der Waals surface area contributed by atoms with E-state index in [1.807, 2.05) is 50.8 Å². The van der Waals surface area contributed by atoms with Crippen LogP contribution in [0.25, 0.3) is 21.3 Å². The highest BCUT2D eigenvalue weighted by Crippen LogP contribution is 2.39. The average Bonchev–Trinajstić information content (AvgIpc) is 3.51. The van der Waals surface area contributed by atoms with Gasteiger partial charge in [0.15, 0.2) is 5.60 Å². The van der Waals surface area contributed by atoms with E-state index in [0.717, 1.165) is 64.7 Å². The van der Waals surface area contributed by atoms with Crippen molar-refractivity contribution in [2.75, 3.05) is 27.2 Å². The number of carbonyl (C=O) groups is 1. The van der Waals surface area contributed by atoms with Crippen molar-refractivity contribution in [1.29, 1.82) is 0 Å². The minimum Gasteiger partial charge on any atom is -0.471 e. The lowest BCUT2D eigenvalue weighted by Crippen LogP contribution is -2.68. The Hall–Kier alpha value is -3.40. The van der Waals surface area contributed by atoms with Crippen molar-refractivity contribution < 1.29 is 19.1 Å². The normalized spacial score (nSPS) is 21.0. The highest BCUT2D eigenvalue weighted by Gasteiger charge is 2.54. The molecule has 5 rings (SSSR count). The molecule has 1 saturated carbocycles. The van der Waals surface area contributed by atoms with Gasteiger partial charge >= 0.3 is 0 Å². The van der Waals surface area contributed by atoms with Crippen molar-refractivity contribution >= 4 is 28.0 Å². The van der Waals surface area contributed by atoms with Crippen molar-refractivity contribution in [2.45, 2.75) is 63.5 Å². The van der Waals surface area contributed by atoms with E-state index in [2.05, 4.69) is 35.1 Å². The van der Waals surface area contributed by atoms with Crippen LogP contribution in [0.2, 0.25) is 0 Å². The van der Waals surface area contributed by atoms with Gasteiger partial charge in [0.25, 0.3) is 5.91 Å². The van der Waals surface area contributed by atoms with Crippen molar-refractivity contribution in [3.63, 3.8) is 0 Å². The molecule has 0 spiro atoms. The number of unbranched alkanes of at least 4 members (excludes halogenated alkanes) is 1. The number of aliphatic hydroxyl groups is 1. The Bertz CT molecular complexity index is 1490. The quantitative estimate of drug-likeness (QED) is 0.221. The molecule has 0 saturated heterocycles. The fraction of sp³-hybridized carbons (Fsp3) is 0.455. The molecule has 1 aliphatic rings.